The van der Waals surface area contributed by atoms with Crippen molar-refractivity contribution >= 4 is 5.97 Å². The number of hydrogen-bond acceptors (Lipinski definition) is 3. The zero-order valence-electron chi connectivity index (χ0n) is 12.6. The van der Waals surface area contributed by atoms with Crippen LogP contribution in [-0.4, -0.2) is 25.7 Å². The van der Waals surface area contributed by atoms with Crippen LogP contribution in [0.2, 0.25) is 0 Å². The molecule has 1 aliphatic heterocycles. The van der Waals surface area contributed by atoms with E-state index in [4.69, 9.17) is 4.74 Å². The molecule has 0 aliphatic carbocycles. The second-order valence-corrected chi connectivity index (χ2v) is 5.74. The molecule has 0 amide bonds. The lowest BCUT2D eigenvalue weighted by Gasteiger charge is -2.22. The van der Waals surface area contributed by atoms with Gasteiger partial charge >= 0.3 is 5.97 Å². The number of piperidine rings is 1. The van der Waals surface area contributed by atoms with Crippen molar-refractivity contribution in [2.75, 3.05) is 19.7 Å². The maximum atomic E-state index is 11.6. The number of esters is 1. The molecule has 0 spiro atoms. The predicted molar refractivity (Wildman–Crippen MR) is 79.2 cm³/mol. The van der Waals surface area contributed by atoms with E-state index in [2.05, 4.69) is 12.2 Å². The van der Waals surface area contributed by atoms with Gasteiger partial charge in [-0.1, -0.05) is 39.0 Å². The topological polar surface area (TPSA) is 38.3 Å². The molecule has 1 N–H and O–H groups in total. The molecule has 0 radical (unpaired) electrons. The predicted octanol–water partition coefficient (Wildman–Crippen LogP) is 3.67. The second kappa shape index (κ2) is 11.3. The Bertz CT molecular complexity index is 225. The van der Waals surface area contributed by atoms with Gasteiger partial charge in [-0.2, -0.15) is 0 Å². The van der Waals surface area contributed by atoms with Gasteiger partial charge in [0, 0.05) is 6.42 Å². The minimum atomic E-state index is -0.000804. The standard InChI is InChI=1S/C16H31NO2/c1-2-3-4-5-6-7-13-19-16(18)11-10-15-9-8-12-17-14-15/h15,17H,2-14H2,1H3. The quantitative estimate of drug-likeness (QED) is 0.486. The molecule has 1 saturated heterocycles. The van der Waals surface area contributed by atoms with Gasteiger partial charge in [0.1, 0.15) is 0 Å². The summed E-state index contributed by atoms with van der Waals surface area (Å²) in [5.74, 6) is 0.675. The average molecular weight is 269 g/mol. The van der Waals surface area contributed by atoms with Gasteiger partial charge in [-0.05, 0) is 44.7 Å². The number of ether oxygens (including phenoxy) is 1. The van der Waals surface area contributed by atoms with Crippen LogP contribution in [0, 0.1) is 5.92 Å². The Morgan fingerprint density at radius 2 is 2.00 bits per heavy atom. The van der Waals surface area contributed by atoms with Crippen LogP contribution in [0.25, 0.3) is 0 Å². The monoisotopic (exact) mass is 269 g/mol. The smallest absolute Gasteiger partial charge is 0.305 e. The van der Waals surface area contributed by atoms with Gasteiger partial charge < -0.3 is 10.1 Å². The Balaban J connectivity index is 1.87. The fraction of sp³-hybridized carbons (Fsp3) is 0.938. The van der Waals surface area contributed by atoms with Crippen LogP contribution in [0.15, 0.2) is 0 Å². The van der Waals surface area contributed by atoms with E-state index < -0.39 is 0 Å². The van der Waals surface area contributed by atoms with E-state index in [0.29, 0.717) is 18.9 Å². The fourth-order valence-electron chi connectivity index (χ4n) is 2.63. The summed E-state index contributed by atoms with van der Waals surface area (Å²) in [7, 11) is 0. The van der Waals surface area contributed by atoms with E-state index in [1.807, 2.05) is 0 Å². The van der Waals surface area contributed by atoms with E-state index in [1.165, 1.54) is 44.9 Å². The minimum Gasteiger partial charge on any atom is -0.466 e. The maximum absolute atomic E-state index is 11.6. The van der Waals surface area contributed by atoms with Crippen LogP contribution >= 0.6 is 0 Å². The summed E-state index contributed by atoms with van der Waals surface area (Å²) in [6.07, 6.45) is 11.5. The van der Waals surface area contributed by atoms with Crippen molar-refractivity contribution in [1.29, 1.82) is 0 Å². The Kier molecular flexibility index (Phi) is 9.78. The highest BCUT2D eigenvalue weighted by Gasteiger charge is 2.14. The van der Waals surface area contributed by atoms with E-state index in [-0.39, 0.29) is 5.97 Å². The lowest BCUT2D eigenvalue weighted by molar-refractivity contribution is -0.144. The van der Waals surface area contributed by atoms with Crippen LogP contribution in [0.3, 0.4) is 0 Å². The summed E-state index contributed by atoms with van der Waals surface area (Å²) in [6.45, 7) is 5.06. The van der Waals surface area contributed by atoms with E-state index >= 15 is 0 Å². The Morgan fingerprint density at radius 1 is 1.21 bits per heavy atom. The number of carbonyl (C=O) groups excluding carboxylic acids is 1. The van der Waals surface area contributed by atoms with Crippen molar-refractivity contribution in [1.82, 2.24) is 5.32 Å². The fourth-order valence-corrected chi connectivity index (χ4v) is 2.63. The molecule has 0 aromatic carbocycles. The molecule has 0 aromatic rings. The molecule has 1 heterocycles. The van der Waals surface area contributed by atoms with Gasteiger partial charge in [-0.3, -0.25) is 4.79 Å². The van der Waals surface area contributed by atoms with E-state index in [1.54, 1.807) is 0 Å². The van der Waals surface area contributed by atoms with Gasteiger partial charge in [0.15, 0.2) is 0 Å². The van der Waals surface area contributed by atoms with Gasteiger partial charge in [0.2, 0.25) is 0 Å². The zero-order chi connectivity index (χ0) is 13.8. The molecule has 3 heteroatoms. The van der Waals surface area contributed by atoms with Crippen molar-refractivity contribution in [2.24, 2.45) is 5.92 Å². The summed E-state index contributed by atoms with van der Waals surface area (Å²) in [5, 5.41) is 3.38. The minimum absolute atomic E-state index is 0.000804. The molecule has 0 saturated carbocycles. The third kappa shape index (κ3) is 9.04. The summed E-state index contributed by atoms with van der Waals surface area (Å²) in [5.41, 5.74) is 0. The molecule has 1 rings (SSSR count). The van der Waals surface area contributed by atoms with Crippen molar-refractivity contribution in [2.45, 2.75) is 71.1 Å². The first-order valence-electron chi connectivity index (χ1n) is 8.19. The van der Waals surface area contributed by atoms with Crippen LogP contribution in [-0.2, 0) is 9.53 Å². The normalized spacial score (nSPS) is 19.3. The number of carbonyl (C=O) groups is 1. The second-order valence-electron chi connectivity index (χ2n) is 5.74. The van der Waals surface area contributed by atoms with Gasteiger partial charge in [0.25, 0.3) is 0 Å². The molecule has 0 aromatic heterocycles. The number of rotatable bonds is 10. The maximum Gasteiger partial charge on any atom is 0.305 e. The Hall–Kier alpha value is -0.570. The molecule has 112 valence electrons. The first-order chi connectivity index (χ1) is 9.33. The lowest BCUT2D eigenvalue weighted by atomic mass is 9.95. The molecule has 1 fully saturated rings. The molecule has 1 unspecified atom stereocenters. The van der Waals surface area contributed by atoms with Crippen molar-refractivity contribution in [3.8, 4) is 0 Å². The van der Waals surface area contributed by atoms with Crippen LogP contribution in [0.5, 0.6) is 0 Å². The van der Waals surface area contributed by atoms with Crippen molar-refractivity contribution < 1.29 is 9.53 Å². The van der Waals surface area contributed by atoms with Crippen molar-refractivity contribution in [3.05, 3.63) is 0 Å². The van der Waals surface area contributed by atoms with Gasteiger partial charge in [0.05, 0.1) is 6.61 Å². The molecule has 1 atom stereocenters. The van der Waals surface area contributed by atoms with E-state index in [9.17, 15) is 4.79 Å². The number of hydrogen-bond donors (Lipinski definition) is 1. The summed E-state index contributed by atoms with van der Waals surface area (Å²) >= 11 is 0. The molecule has 1 aliphatic rings. The molecule has 19 heavy (non-hydrogen) atoms. The highest BCUT2D eigenvalue weighted by Crippen LogP contribution is 2.16. The summed E-state index contributed by atoms with van der Waals surface area (Å²) in [6, 6.07) is 0. The Labute approximate surface area is 118 Å². The molecule has 3 nitrogen and oxygen atoms in total. The highest BCUT2D eigenvalue weighted by atomic mass is 16.5. The van der Waals surface area contributed by atoms with Crippen LogP contribution < -0.4 is 5.32 Å². The first kappa shape index (κ1) is 16.5. The molecule has 0 bridgehead atoms. The average Bonchev–Trinajstić information content (AvgIpc) is 2.45. The van der Waals surface area contributed by atoms with Gasteiger partial charge in [-0.25, -0.2) is 0 Å². The molecular formula is C16H31NO2. The van der Waals surface area contributed by atoms with Crippen LogP contribution in [0.1, 0.15) is 71.1 Å². The number of unbranched alkanes of at least 4 members (excludes halogenated alkanes) is 5. The highest BCUT2D eigenvalue weighted by molar-refractivity contribution is 5.69. The van der Waals surface area contributed by atoms with E-state index in [0.717, 1.165) is 25.9 Å². The SMILES string of the molecule is CCCCCCCCOC(=O)CCC1CCCNC1. The summed E-state index contributed by atoms with van der Waals surface area (Å²) in [4.78, 5) is 11.6. The third-order valence-electron chi connectivity index (χ3n) is 3.92. The lowest BCUT2D eigenvalue weighted by Crippen LogP contribution is -2.30. The van der Waals surface area contributed by atoms with Crippen molar-refractivity contribution in [3.63, 3.8) is 0 Å². The third-order valence-corrected chi connectivity index (χ3v) is 3.92. The first-order valence-corrected chi connectivity index (χ1v) is 8.19. The summed E-state index contributed by atoms with van der Waals surface area (Å²) < 4.78 is 5.28. The van der Waals surface area contributed by atoms with Gasteiger partial charge in [-0.15, -0.1) is 0 Å². The van der Waals surface area contributed by atoms with Crippen LogP contribution in [0.4, 0.5) is 0 Å². The number of nitrogens with one attached hydrogen (secondary N) is 1. The molecular weight excluding hydrogens is 238 g/mol. The zero-order valence-corrected chi connectivity index (χ0v) is 12.6. The largest absolute Gasteiger partial charge is 0.466 e. The Morgan fingerprint density at radius 3 is 2.74 bits per heavy atom.